The Labute approximate surface area is 121 Å². The molecule has 6 nitrogen and oxygen atoms in total. The van der Waals surface area contributed by atoms with Crippen molar-refractivity contribution in [1.29, 1.82) is 0 Å². The fourth-order valence-corrected chi connectivity index (χ4v) is 1.64. The zero-order valence-corrected chi connectivity index (χ0v) is 11.8. The summed E-state index contributed by atoms with van der Waals surface area (Å²) in [6.07, 6.45) is 4.65. The second-order valence-corrected chi connectivity index (χ2v) is 4.04. The first-order valence-electron chi connectivity index (χ1n) is 5.72. The molecule has 0 amide bonds. The first kappa shape index (κ1) is 14.1. The molecule has 1 aromatic heterocycles. The maximum absolute atomic E-state index is 5.85. The van der Waals surface area contributed by atoms with E-state index in [0.29, 0.717) is 17.3 Å². The lowest BCUT2D eigenvalue weighted by Gasteiger charge is -2.07. The summed E-state index contributed by atoms with van der Waals surface area (Å²) >= 11 is 5.85. The van der Waals surface area contributed by atoms with Gasteiger partial charge in [0.15, 0.2) is 22.5 Å². The first-order valence-corrected chi connectivity index (χ1v) is 6.10. The van der Waals surface area contributed by atoms with Crippen LogP contribution < -0.4 is 14.9 Å². The molecule has 0 bridgehead atoms. The third kappa shape index (κ3) is 3.36. The van der Waals surface area contributed by atoms with Gasteiger partial charge in [0.05, 0.1) is 20.4 Å². The van der Waals surface area contributed by atoms with Gasteiger partial charge in [-0.1, -0.05) is 11.6 Å². The molecule has 0 saturated carbocycles. The molecule has 104 valence electrons. The number of benzene rings is 1. The minimum Gasteiger partial charge on any atom is -0.493 e. The van der Waals surface area contributed by atoms with Crippen molar-refractivity contribution >= 4 is 23.6 Å². The molecule has 2 rings (SSSR count). The Morgan fingerprint density at radius 1 is 1.15 bits per heavy atom. The Balaban J connectivity index is 2.10. The van der Waals surface area contributed by atoms with Gasteiger partial charge in [0.1, 0.15) is 0 Å². The predicted octanol–water partition coefficient (Wildman–Crippen LogP) is 2.59. The average molecular weight is 293 g/mol. The Bertz CT molecular complexity index is 619. The van der Waals surface area contributed by atoms with Gasteiger partial charge < -0.3 is 9.47 Å². The van der Waals surface area contributed by atoms with Crippen LogP contribution in [0.5, 0.6) is 11.5 Å². The highest BCUT2D eigenvalue weighted by atomic mass is 35.5. The lowest BCUT2D eigenvalue weighted by Crippen LogP contribution is -1.96. The van der Waals surface area contributed by atoms with Gasteiger partial charge >= 0.3 is 0 Å². The normalized spacial score (nSPS) is 10.6. The Morgan fingerprint density at radius 2 is 1.90 bits per heavy atom. The number of anilines is 1. The summed E-state index contributed by atoms with van der Waals surface area (Å²) < 4.78 is 10.4. The predicted molar refractivity (Wildman–Crippen MR) is 77.8 cm³/mol. The van der Waals surface area contributed by atoms with Crippen molar-refractivity contribution in [2.75, 3.05) is 19.6 Å². The van der Waals surface area contributed by atoms with Crippen molar-refractivity contribution in [1.82, 2.24) is 9.97 Å². The number of methoxy groups -OCH3 is 2. The Hall–Kier alpha value is -2.34. The van der Waals surface area contributed by atoms with Gasteiger partial charge in [-0.05, 0) is 23.8 Å². The lowest BCUT2D eigenvalue weighted by atomic mass is 10.2. The molecule has 1 N–H and O–H groups in total. The fraction of sp³-hybridized carbons (Fsp3) is 0.154. The Morgan fingerprint density at radius 3 is 2.60 bits per heavy atom. The fourth-order valence-electron chi connectivity index (χ4n) is 1.50. The number of hydrazone groups is 1. The van der Waals surface area contributed by atoms with Crippen molar-refractivity contribution in [3.05, 3.63) is 41.3 Å². The third-order valence-electron chi connectivity index (χ3n) is 2.45. The van der Waals surface area contributed by atoms with E-state index in [1.54, 1.807) is 26.5 Å². The van der Waals surface area contributed by atoms with E-state index < -0.39 is 0 Å². The number of aromatic nitrogens is 2. The molecule has 7 heteroatoms. The van der Waals surface area contributed by atoms with Crippen molar-refractivity contribution in [2.24, 2.45) is 5.10 Å². The quantitative estimate of drug-likeness (QED) is 0.677. The number of ether oxygens (including phenoxy) is 2. The molecule has 0 spiro atoms. The zero-order valence-electron chi connectivity index (χ0n) is 11.0. The number of rotatable bonds is 5. The van der Waals surface area contributed by atoms with Crippen LogP contribution in [-0.4, -0.2) is 30.4 Å². The molecule has 0 fully saturated rings. The second-order valence-electron chi connectivity index (χ2n) is 3.68. The molecule has 0 radical (unpaired) electrons. The van der Waals surface area contributed by atoms with Gasteiger partial charge in [-0.2, -0.15) is 5.10 Å². The van der Waals surface area contributed by atoms with Crippen molar-refractivity contribution < 1.29 is 9.47 Å². The molecular weight excluding hydrogens is 280 g/mol. The molecule has 0 atom stereocenters. The number of nitrogens with one attached hydrogen (secondary N) is 1. The van der Waals surface area contributed by atoms with Crippen LogP contribution in [0.4, 0.5) is 5.82 Å². The van der Waals surface area contributed by atoms with Gasteiger partial charge in [0, 0.05) is 12.4 Å². The summed E-state index contributed by atoms with van der Waals surface area (Å²) in [6.45, 7) is 0. The van der Waals surface area contributed by atoms with E-state index in [2.05, 4.69) is 20.5 Å². The molecule has 0 aliphatic heterocycles. The average Bonchev–Trinajstić information content (AvgIpc) is 2.49. The van der Waals surface area contributed by atoms with Crippen LogP contribution >= 0.6 is 11.6 Å². The summed E-state index contributed by atoms with van der Waals surface area (Å²) in [5.74, 6) is 1.69. The molecule has 0 unspecified atom stereocenters. The molecule has 0 aliphatic rings. The highest BCUT2D eigenvalue weighted by Crippen LogP contribution is 2.26. The van der Waals surface area contributed by atoms with E-state index in [0.717, 1.165) is 5.56 Å². The van der Waals surface area contributed by atoms with Crippen LogP contribution in [0, 0.1) is 0 Å². The summed E-state index contributed by atoms with van der Waals surface area (Å²) in [6, 6.07) is 5.46. The zero-order chi connectivity index (χ0) is 14.4. The van der Waals surface area contributed by atoms with E-state index in [9.17, 15) is 0 Å². The van der Waals surface area contributed by atoms with Crippen molar-refractivity contribution in [2.45, 2.75) is 0 Å². The second kappa shape index (κ2) is 6.72. The Kier molecular flexibility index (Phi) is 4.73. The topological polar surface area (TPSA) is 68.6 Å². The largest absolute Gasteiger partial charge is 0.493 e. The standard InChI is InChI=1S/C13H13ClN4O2/c1-19-10-4-3-9(7-11(10)20-2)8-17-18-13-12(14)15-5-6-16-13/h3-8H,1-2H3,(H,16,18)/b17-8+. The summed E-state index contributed by atoms with van der Waals surface area (Å²) in [4.78, 5) is 7.89. The maximum atomic E-state index is 5.85. The highest BCUT2D eigenvalue weighted by molar-refractivity contribution is 6.31. The lowest BCUT2D eigenvalue weighted by molar-refractivity contribution is 0.355. The van der Waals surface area contributed by atoms with Crippen LogP contribution in [0.2, 0.25) is 5.15 Å². The first-order chi connectivity index (χ1) is 9.74. The van der Waals surface area contributed by atoms with Crippen LogP contribution in [0.1, 0.15) is 5.56 Å². The summed E-state index contributed by atoms with van der Waals surface area (Å²) in [5.41, 5.74) is 3.56. The molecule has 2 aromatic rings. The summed E-state index contributed by atoms with van der Waals surface area (Å²) in [7, 11) is 3.17. The summed E-state index contributed by atoms with van der Waals surface area (Å²) in [5, 5.41) is 4.31. The van der Waals surface area contributed by atoms with Crippen LogP contribution in [0.15, 0.2) is 35.7 Å². The smallest absolute Gasteiger partial charge is 0.184 e. The number of halogens is 1. The van der Waals surface area contributed by atoms with Crippen LogP contribution in [0.3, 0.4) is 0 Å². The SMILES string of the molecule is COc1ccc(/C=N/Nc2nccnc2Cl)cc1OC. The van der Waals surface area contributed by atoms with Crippen LogP contribution in [0.25, 0.3) is 0 Å². The van der Waals surface area contributed by atoms with E-state index in [1.807, 2.05) is 12.1 Å². The maximum Gasteiger partial charge on any atom is 0.184 e. The number of hydrogen-bond donors (Lipinski definition) is 1. The van der Waals surface area contributed by atoms with Crippen molar-refractivity contribution in [3.63, 3.8) is 0 Å². The monoisotopic (exact) mass is 292 g/mol. The van der Waals surface area contributed by atoms with Crippen LogP contribution in [-0.2, 0) is 0 Å². The highest BCUT2D eigenvalue weighted by Gasteiger charge is 2.03. The molecule has 1 heterocycles. The van der Waals surface area contributed by atoms with Crippen molar-refractivity contribution in [3.8, 4) is 11.5 Å². The van der Waals surface area contributed by atoms with Gasteiger partial charge in [-0.3, -0.25) is 5.43 Å². The minimum atomic E-state index is 0.261. The molecule has 0 aliphatic carbocycles. The molecular formula is C13H13ClN4O2. The number of nitrogens with zero attached hydrogens (tertiary/aromatic N) is 3. The molecule has 20 heavy (non-hydrogen) atoms. The van der Waals surface area contributed by atoms with Gasteiger partial charge in [0.25, 0.3) is 0 Å². The van der Waals surface area contributed by atoms with E-state index >= 15 is 0 Å². The molecule has 1 aromatic carbocycles. The van der Waals surface area contributed by atoms with E-state index in [-0.39, 0.29) is 5.15 Å². The molecule has 0 saturated heterocycles. The van der Waals surface area contributed by atoms with E-state index in [4.69, 9.17) is 21.1 Å². The van der Waals surface area contributed by atoms with Gasteiger partial charge in [-0.25, -0.2) is 9.97 Å². The van der Waals surface area contributed by atoms with E-state index in [1.165, 1.54) is 12.4 Å². The van der Waals surface area contributed by atoms with Gasteiger partial charge in [-0.15, -0.1) is 0 Å². The van der Waals surface area contributed by atoms with Gasteiger partial charge in [0.2, 0.25) is 0 Å². The third-order valence-corrected chi connectivity index (χ3v) is 2.72. The number of hydrogen-bond acceptors (Lipinski definition) is 6. The minimum absolute atomic E-state index is 0.261.